The van der Waals surface area contributed by atoms with Gasteiger partial charge in [-0.15, -0.1) is 11.3 Å². The Morgan fingerprint density at radius 2 is 2.06 bits per heavy atom. The molecule has 1 heterocycles. The molecule has 0 amide bonds. The zero-order valence-electron chi connectivity index (χ0n) is 12.1. The Kier molecular flexibility index (Phi) is 4.44. The SMILES string of the molecule is C[C@H](NCc1csc(C(C)(C)C)n1)C1CCCC1. The smallest absolute Gasteiger partial charge is 0.0982 e. The van der Waals surface area contributed by atoms with Crippen molar-refractivity contribution in [3.63, 3.8) is 0 Å². The quantitative estimate of drug-likeness (QED) is 0.887. The summed E-state index contributed by atoms with van der Waals surface area (Å²) in [5.41, 5.74) is 1.38. The van der Waals surface area contributed by atoms with Gasteiger partial charge in [0, 0.05) is 23.4 Å². The summed E-state index contributed by atoms with van der Waals surface area (Å²) >= 11 is 1.79. The van der Waals surface area contributed by atoms with Gasteiger partial charge in [-0.3, -0.25) is 0 Å². The summed E-state index contributed by atoms with van der Waals surface area (Å²) in [5.74, 6) is 0.880. The van der Waals surface area contributed by atoms with Gasteiger partial charge < -0.3 is 5.32 Å². The first kappa shape index (κ1) is 14.0. The van der Waals surface area contributed by atoms with Gasteiger partial charge in [0.2, 0.25) is 0 Å². The highest BCUT2D eigenvalue weighted by atomic mass is 32.1. The maximum atomic E-state index is 4.74. The van der Waals surface area contributed by atoms with Gasteiger partial charge in [0.25, 0.3) is 0 Å². The van der Waals surface area contributed by atoms with Crippen LogP contribution in [0.15, 0.2) is 5.38 Å². The third-order valence-corrected chi connectivity index (χ3v) is 5.22. The molecule has 1 aliphatic rings. The molecule has 2 rings (SSSR count). The van der Waals surface area contributed by atoms with E-state index in [0.29, 0.717) is 6.04 Å². The molecule has 0 aromatic carbocycles. The molecule has 18 heavy (non-hydrogen) atoms. The van der Waals surface area contributed by atoms with E-state index in [9.17, 15) is 0 Å². The Bertz CT molecular complexity index is 372. The molecule has 1 saturated carbocycles. The summed E-state index contributed by atoms with van der Waals surface area (Å²) in [6, 6.07) is 0.632. The number of thiazole rings is 1. The van der Waals surface area contributed by atoms with Crippen LogP contribution in [0.3, 0.4) is 0 Å². The molecule has 0 spiro atoms. The average molecular weight is 266 g/mol. The molecular weight excluding hydrogens is 240 g/mol. The van der Waals surface area contributed by atoms with Crippen LogP contribution in [0.1, 0.15) is 64.1 Å². The van der Waals surface area contributed by atoms with Crippen LogP contribution in [0.5, 0.6) is 0 Å². The first-order valence-electron chi connectivity index (χ1n) is 7.15. The molecule has 1 fully saturated rings. The molecule has 1 aliphatic carbocycles. The summed E-state index contributed by atoms with van der Waals surface area (Å²) < 4.78 is 0. The highest BCUT2D eigenvalue weighted by Crippen LogP contribution is 2.28. The highest BCUT2D eigenvalue weighted by Gasteiger charge is 2.22. The normalized spacial score (nSPS) is 19.3. The van der Waals surface area contributed by atoms with Crippen molar-refractivity contribution in [3.05, 3.63) is 16.1 Å². The van der Waals surface area contributed by atoms with E-state index in [1.807, 2.05) is 0 Å². The Hall–Kier alpha value is -0.410. The minimum absolute atomic E-state index is 0.181. The molecule has 0 radical (unpaired) electrons. The van der Waals surface area contributed by atoms with Crippen molar-refractivity contribution in [1.29, 1.82) is 0 Å². The Morgan fingerprint density at radius 1 is 1.39 bits per heavy atom. The van der Waals surface area contributed by atoms with Crippen LogP contribution in [-0.4, -0.2) is 11.0 Å². The van der Waals surface area contributed by atoms with Gasteiger partial charge in [0.05, 0.1) is 10.7 Å². The van der Waals surface area contributed by atoms with Crippen LogP contribution in [0.25, 0.3) is 0 Å². The Labute approximate surface area is 115 Å². The second kappa shape index (κ2) is 5.70. The Balaban J connectivity index is 1.84. The van der Waals surface area contributed by atoms with E-state index in [-0.39, 0.29) is 5.41 Å². The maximum absolute atomic E-state index is 4.74. The predicted octanol–water partition coefficient (Wildman–Crippen LogP) is 4.11. The topological polar surface area (TPSA) is 24.9 Å². The van der Waals surface area contributed by atoms with Gasteiger partial charge in [-0.1, -0.05) is 33.6 Å². The summed E-state index contributed by atoms with van der Waals surface area (Å²) in [7, 11) is 0. The fourth-order valence-corrected chi connectivity index (χ4v) is 3.53. The van der Waals surface area contributed by atoms with Gasteiger partial charge in [-0.25, -0.2) is 4.98 Å². The largest absolute Gasteiger partial charge is 0.308 e. The molecule has 0 bridgehead atoms. The van der Waals surface area contributed by atoms with Crippen LogP contribution in [0.4, 0.5) is 0 Å². The molecule has 1 N–H and O–H groups in total. The molecular formula is C15H26N2S. The van der Waals surface area contributed by atoms with Gasteiger partial charge in [0.1, 0.15) is 0 Å². The molecule has 1 aromatic rings. The third-order valence-electron chi connectivity index (χ3n) is 3.91. The zero-order chi connectivity index (χ0) is 13.2. The summed E-state index contributed by atoms with van der Waals surface area (Å²) in [6.07, 6.45) is 5.64. The number of aromatic nitrogens is 1. The summed E-state index contributed by atoms with van der Waals surface area (Å²) in [5, 5.41) is 7.10. The van der Waals surface area contributed by atoms with E-state index in [4.69, 9.17) is 4.98 Å². The highest BCUT2D eigenvalue weighted by molar-refractivity contribution is 7.09. The number of nitrogens with one attached hydrogen (secondary N) is 1. The molecule has 0 saturated heterocycles. The van der Waals surface area contributed by atoms with Crippen molar-refractivity contribution in [2.24, 2.45) is 5.92 Å². The zero-order valence-corrected chi connectivity index (χ0v) is 12.9. The van der Waals surface area contributed by atoms with Crippen molar-refractivity contribution in [3.8, 4) is 0 Å². The van der Waals surface area contributed by atoms with Crippen LogP contribution in [0, 0.1) is 5.92 Å². The van der Waals surface area contributed by atoms with E-state index in [1.165, 1.54) is 36.4 Å². The molecule has 1 aromatic heterocycles. The predicted molar refractivity (Wildman–Crippen MR) is 79.1 cm³/mol. The maximum Gasteiger partial charge on any atom is 0.0982 e. The van der Waals surface area contributed by atoms with Gasteiger partial charge in [-0.05, 0) is 25.7 Å². The van der Waals surface area contributed by atoms with Crippen molar-refractivity contribution in [2.75, 3.05) is 0 Å². The lowest BCUT2D eigenvalue weighted by Gasteiger charge is -2.19. The monoisotopic (exact) mass is 266 g/mol. The summed E-state index contributed by atoms with van der Waals surface area (Å²) in [6.45, 7) is 9.93. The molecule has 102 valence electrons. The van der Waals surface area contributed by atoms with Crippen molar-refractivity contribution < 1.29 is 0 Å². The van der Waals surface area contributed by atoms with Crippen molar-refractivity contribution in [1.82, 2.24) is 10.3 Å². The van der Waals surface area contributed by atoms with Crippen LogP contribution >= 0.6 is 11.3 Å². The molecule has 3 heteroatoms. The fraction of sp³-hybridized carbons (Fsp3) is 0.800. The summed E-state index contributed by atoms with van der Waals surface area (Å²) in [4.78, 5) is 4.74. The number of hydrogen-bond donors (Lipinski definition) is 1. The van der Waals surface area contributed by atoms with Crippen molar-refractivity contribution in [2.45, 2.75) is 71.4 Å². The lowest BCUT2D eigenvalue weighted by atomic mass is 9.98. The number of rotatable bonds is 4. The number of nitrogens with zero attached hydrogens (tertiary/aromatic N) is 1. The molecule has 2 nitrogen and oxygen atoms in total. The van der Waals surface area contributed by atoms with E-state index < -0.39 is 0 Å². The second-order valence-corrected chi connectivity index (χ2v) is 7.47. The van der Waals surface area contributed by atoms with Gasteiger partial charge >= 0.3 is 0 Å². The van der Waals surface area contributed by atoms with Gasteiger partial charge in [-0.2, -0.15) is 0 Å². The third kappa shape index (κ3) is 3.55. The van der Waals surface area contributed by atoms with Crippen LogP contribution < -0.4 is 5.32 Å². The average Bonchev–Trinajstić information content (AvgIpc) is 2.96. The number of hydrogen-bond acceptors (Lipinski definition) is 3. The van der Waals surface area contributed by atoms with Crippen LogP contribution in [0.2, 0.25) is 0 Å². The minimum Gasteiger partial charge on any atom is -0.308 e. The standard InChI is InChI=1S/C15H26N2S/c1-11(12-7-5-6-8-12)16-9-13-10-18-14(17-13)15(2,3)4/h10-12,16H,5-9H2,1-4H3/t11-/m0/s1. The first-order chi connectivity index (χ1) is 8.47. The molecule has 0 unspecified atom stereocenters. The van der Waals surface area contributed by atoms with E-state index >= 15 is 0 Å². The van der Waals surface area contributed by atoms with Gasteiger partial charge in [0.15, 0.2) is 0 Å². The van der Waals surface area contributed by atoms with Crippen LogP contribution in [-0.2, 0) is 12.0 Å². The molecule has 1 atom stereocenters. The minimum atomic E-state index is 0.181. The molecule has 0 aliphatic heterocycles. The lowest BCUT2D eigenvalue weighted by molar-refractivity contribution is 0.379. The van der Waals surface area contributed by atoms with E-state index in [1.54, 1.807) is 11.3 Å². The van der Waals surface area contributed by atoms with E-state index in [2.05, 4.69) is 38.4 Å². The first-order valence-corrected chi connectivity index (χ1v) is 8.03. The Morgan fingerprint density at radius 3 is 2.61 bits per heavy atom. The van der Waals surface area contributed by atoms with E-state index in [0.717, 1.165) is 12.5 Å². The lowest BCUT2D eigenvalue weighted by Crippen LogP contribution is -2.31. The fourth-order valence-electron chi connectivity index (χ4n) is 2.62. The second-order valence-electron chi connectivity index (χ2n) is 6.61. The van der Waals surface area contributed by atoms with Crippen molar-refractivity contribution >= 4 is 11.3 Å².